The average Bonchev–Trinajstić information content (AvgIpc) is 2.40. The first-order valence-corrected chi connectivity index (χ1v) is 5.65. The molecule has 0 spiro atoms. The highest BCUT2D eigenvalue weighted by molar-refractivity contribution is 5.95. The Morgan fingerprint density at radius 2 is 1.95 bits per heavy atom. The smallest absolute Gasteiger partial charge is 0.381 e. The fourth-order valence-corrected chi connectivity index (χ4v) is 1.41. The van der Waals surface area contributed by atoms with Gasteiger partial charge in [0.1, 0.15) is 6.61 Å². The number of methoxy groups -OCH3 is 1. The van der Waals surface area contributed by atoms with Crippen molar-refractivity contribution in [1.29, 1.82) is 0 Å². The van der Waals surface area contributed by atoms with E-state index in [1.54, 1.807) is 6.92 Å². The minimum absolute atomic E-state index is 0.0465. The molecule has 0 unspecified atom stereocenters. The zero-order valence-corrected chi connectivity index (χ0v) is 10.8. The van der Waals surface area contributed by atoms with Crippen molar-refractivity contribution in [2.45, 2.75) is 6.92 Å². The zero-order valence-electron chi connectivity index (χ0n) is 10.8. The Morgan fingerprint density at radius 3 is 2.53 bits per heavy atom. The molecule has 1 aromatic rings. The van der Waals surface area contributed by atoms with Crippen molar-refractivity contribution >= 4 is 11.7 Å². The highest BCUT2D eigenvalue weighted by Gasteiger charge is 2.17. The van der Waals surface area contributed by atoms with Crippen molar-refractivity contribution in [3.05, 3.63) is 17.7 Å². The van der Waals surface area contributed by atoms with Crippen molar-refractivity contribution in [2.75, 3.05) is 32.7 Å². The molecule has 0 fully saturated rings. The molecular weight excluding hydrogens is 257 g/mol. The summed E-state index contributed by atoms with van der Waals surface area (Å²) in [6.07, 6.45) is 0. The molecule has 0 bridgehead atoms. The zero-order chi connectivity index (χ0) is 14.3. The van der Waals surface area contributed by atoms with E-state index in [0.717, 1.165) is 0 Å². The van der Waals surface area contributed by atoms with Crippen LogP contribution < -0.4 is 15.2 Å². The van der Waals surface area contributed by atoms with Gasteiger partial charge < -0.3 is 19.9 Å². The van der Waals surface area contributed by atoms with Crippen LogP contribution in [0, 0.1) is 0 Å². The maximum Gasteiger partial charge on any atom is 0.381 e. The monoisotopic (exact) mass is 273 g/mol. The quantitative estimate of drug-likeness (QED) is 0.602. The van der Waals surface area contributed by atoms with E-state index in [4.69, 9.17) is 19.9 Å². The van der Waals surface area contributed by atoms with Gasteiger partial charge in [-0.15, -0.1) is 0 Å². The second kappa shape index (κ2) is 7.42. The molecule has 0 atom stereocenters. The summed E-state index contributed by atoms with van der Waals surface area (Å²) in [4.78, 5) is 14.3. The maximum atomic E-state index is 11.9. The van der Waals surface area contributed by atoms with Crippen LogP contribution in [0.25, 0.3) is 0 Å². The lowest BCUT2D eigenvalue weighted by atomic mass is 10.1. The topological polar surface area (TPSA) is 80.0 Å². The number of hydrogen-bond donors (Lipinski definition) is 1. The Labute approximate surface area is 110 Å². The molecule has 1 rings (SSSR count). The van der Waals surface area contributed by atoms with E-state index in [1.165, 1.54) is 19.2 Å². The van der Waals surface area contributed by atoms with Crippen molar-refractivity contribution in [1.82, 2.24) is 0 Å². The summed E-state index contributed by atoms with van der Waals surface area (Å²) < 4.78 is 27.5. The van der Waals surface area contributed by atoms with Crippen LogP contribution in [-0.2, 0) is 9.68 Å². The van der Waals surface area contributed by atoms with E-state index in [-0.39, 0.29) is 23.6 Å². The molecule has 0 radical (unpaired) electrons. The van der Waals surface area contributed by atoms with Gasteiger partial charge in [-0.05, 0) is 6.92 Å². The van der Waals surface area contributed by atoms with E-state index in [0.29, 0.717) is 19.0 Å². The molecule has 0 aromatic heterocycles. The molecule has 0 aliphatic heterocycles. The molecule has 19 heavy (non-hydrogen) atoms. The summed E-state index contributed by atoms with van der Waals surface area (Å²) in [6, 6.07) is 2.66. The SMILES string of the molecule is CCOc1cc(N)c(C(=O)OF)cc1OCCOC. The summed E-state index contributed by atoms with van der Waals surface area (Å²) >= 11 is 0. The van der Waals surface area contributed by atoms with E-state index in [9.17, 15) is 9.32 Å². The first-order chi connectivity index (χ1) is 9.13. The van der Waals surface area contributed by atoms with Crippen molar-refractivity contribution in [3.8, 4) is 11.5 Å². The molecule has 7 heteroatoms. The molecule has 0 aliphatic carbocycles. The Bertz CT molecular complexity index is 438. The van der Waals surface area contributed by atoms with Gasteiger partial charge in [-0.25, -0.2) is 9.74 Å². The van der Waals surface area contributed by atoms with Crippen molar-refractivity contribution < 1.29 is 28.5 Å². The highest BCUT2D eigenvalue weighted by atomic mass is 19.3. The van der Waals surface area contributed by atoms with E-state index in [2.05, 4.69) is 4.94 Å². The van der Waals surface area contributed by atoms with Gasteiger partial charge in [0.05, 0.1) is 24.5 Å². The van der Waals surface area contributed by atoms with Crippen LogP contribution in [0.2, 0.25) is 0 Å². The Balaban J connectivity index is 3.04. The van der Waals surface area contributed by atoms with Crippen molar-refractivity contribution in [3.63, 3.8) is 0 Å². The number of hydrogen-bond acceptors (Lipinski definition) is 6. The minimum Gasteiger partial charge on any atom is -0.490 e. The first kappa shape index (κ1) is 15.0. The van der Waals surface area contributed by atoms with E-state index >= 15 is 0 Å². The van der Waals surface area contributed by atoms with Gasteiger partial charge in [0, 0.05) is 23.8 Å². The molecule has 0 aliphatic rings. The van der Waals surface area contributed by atoms with Crippen LogP contribution in [0.5, 0.6) is 11.5 Å². The number of nitrogens with two attached hydrogens (primary N) is 1. The summed E-state index contributed by atoms with van der Waals surface area (Å²) in [5.74, 6) is -0.544. The number of halogens is 1. The summed E-state index contributed by atoms with van der Waals surface area (Å²) in [5, 5.41) is 0. The van der Waals surface area contributed by atoms with Crippen LogP contribution in [0.3, 0.4) is 0 Å². The number of rotatable bonds is 7. The highest BCUT2D eigenvalue weighted by Crippen LogP contribution is 2.33. The molecule has 106 valence electrons. The minimum atomic E-state index is -1.18. The van der Waals surface area contributed by atoms with Crippen LogP contribution in [0.15, 0.2) is 12.1 Å². The van der Waals surface area contributed by atoms with Crippen LogP contribution in [-0.4, -0.2) is 32.9 Å². The lowest BCUT2D eigenvalue weighted by Crippen LogP contribution is -2.09. The standard InChI is InChI=1S/C12H16FNO5/c1-3-17-11-7-9(14)8(12(15)19-13)6-10(11)18-5-4-16-2/h6-7H,3-5,14H2,1-2H3. The molecule has 0 amide bonds. The summed E-state index contributed by atoms with van der Waals surface area (Å²) in [7, 11) is 1.53. The molecule has 2 N–H and O–H groups in total. The number of benzene rings is 1. The summed E-state index contributed by atoms with van der Waals surface area (Å²) in [5.41, 5.74) is 5.54. The summed E-state index contributed by atoms with van der Waals surface area (Å²) in [6.45, 7) is 2.80. The third-order valence-electron chi connectivity index (χ3n) is 2.25. The maximum absolute atomic E-state index is 11.9. The van der Waals surface area contributed by atoms with Crippen LogP contribution in [0.4, 0.5) is 10.2 Å². The van der Waals surface area contributed by atoms with Gasteiger partial charge in [-0.3, -0.25) is 0 Å². The van der Waals surface area contributed by atoms with Crippen LogP contribution in [0.1, 0.15) is 17.3 Å². The number of nitrogen functional groups attached to an aromatic ring is 1. The van der Waals surface area contributed by atoms with Gasteiger partial charge in [0.2, 0.25) is 0 Å². The van der Waals surface area contributed by atoms with Gasteiger partial charge >= 0.3 is 5.97 Å². The largest absolute Gasteiger partial charge is 0.490 e. The molecule has 0 heterocycles. The molecule has 0 saturated carbocycles. The fraction of sp³-hybridized carbons (Fsp3) is 0.417. The Hall–Kier alpha value is -2.02. The van der Waals surface area contributed by atoms with Gasteiger partial charge in [0.15, 0.2) is 11.5 Å². The average molecular weight is 273 g/mol. The third-order valence-corrected chi connectivity index (χ3v) is 2.25. The Kier molecular flexibility index (Phi) is 5.87. The van der Waals surface area contributed by atoms with Crippen molar-refractivity contribution in [2.24, 2.45) is 0 Å². The second-order valence-corrected chi connectivity index (χ2v) is 3.53. The lowest BCUT2D eigenvalue weighted by molar-refractivity contribution is -0.0787. The van der Waals surface area contributed by atoms with Gasteiger partial charge in [0.25, 0.3) is 0 Å². The number of carbonyl (C=O) groups excluding carboxylic acids is 1. The van der Waals surface area contributed by atoms with E-state index < -0.39 is 5.97 Å². The van der Waals surface area contributed by atoms with Crippen LogP contribution >= 0.6 is 0 Å². The van der Waals surface area contributed by atoms with E-state index in [1.807, 2.05) is 0 Å². The second-order valence-electron chi connectivity index (χ2n) is 3.53. The number of anilines is 1. The molecule has 0 saturated heterocycles. The molecule has 1 aromatic carbocycles. The predicted molar refractivity (Wildman–Crippen MR) is 65.9 cm³/mol. The third kappa shape index (κ3) is 3.99. The fourth-order valence-electron chi connectivity index (χ4n) is 1.41. The molecule has 6 nitrogen and oxygen atoms in total. The Morgan fingerprint density at radius 1 is 1.26 bits per heavy atom. The first-order valence-electron chi connectivity index (χ1n) is 5.65. The predicted octanol–water partition coefficient (Wildman–Crippen LogP) is 1.73. The normalized spacial score (nSPS) is 10.1. The lowest BCUT2D eigenvalue weighted by Gasteiger charge is -2.13. The van der Waals surface area contributed by atoms with Gasteiger partial charge in [-0.2, -0.15) is 0 Å². The number of carbonyl (C=O) groups is 1. The molecular formula is C12H16FNO5. The van der Waals surface area contributed by atoms with Gasteiger partial charge in [-0.1, -0.05) is 0 Å². The number of ether oxygens (including phenoxy) is 3.